The number of anilines is 1. The lowest BCUT2D eigenvalue weighted by Gasteiger charge is -2.13. The molecule has 6 heteroatoms. The lowest BCUT2D eigenvalue weighted by atomic mass is 9.98. The molecule has 0 fully saturated rings. The van der Waals surface area contributed by atoms with Crippen LogP contribution in [0.1, 0.15) is 31.5 Å². The summed E-state index contributed by atoms with van der Waals surface area (Å²) in [5.41, 5.74) is 2.07. The first-order chi connectivity index (χ1) is 8.86. The Hall–Kier alpha value is -0.650. The van der Waals surface area contributed by atoms with Crippen molar-refractivity contribution in [1.82, 2.24) is 9.97 Å². The maximum atomic E-state index is 5.85. The van der Waals surface area contributed by atoms with Gasteiger partial charge in [-0.1, -0.05) is 32.4 Å². The highest BCUT2D eigenvalue weighted by Crippen LogP contribution is 2.26. The molecule has 102 valence electrons. The van der Waals surface area contributed by atoms with Crippen LogP contribution in [0, 0.1) is 0 Å². The summed E-state index contributed by atoms with van der Waals surface area (Å²) in [6.45, 7) is 7.19. The highest BCUT2D eigenvalue weighted by atomic mass is 79.9. The van der Waals surface area contributed by atoms with Crippen molar-refractivity contribution in [2.75, 3.05) is 5.32 Å². The predicted molar refractivity (Wildman–Crippen MR) is 85.1 cm³/mol. The fraction of sp³-hybridized carbons (Fsp3) is 0.385. The summed E-state index contributed by atoms with van der Waals surface area (Å²) >= 11 is 10.9. The second-order valence-corrected chi connectivity index (χ2v) is 7.31. The van der Waals surface area contributed by atoms with Gasteiger partial charge in [0.25, 0.3) is 0 Å². The van der Waals surface area contributed by atoms with Gasteiger partial charge in [0, 0.05) is 10.8 Å². The molecular formula is C13H15BrClN3S. The molecule has 2 aromatic heterocycles. The van der Waals surface area contributed by atoms with Crippen LogP contribution in [0.3, 0.4) is 0 Å². The van der Waals surface area contributed by atoms with Crippen LogP contribution in [0.4, 0.5) is 5.69 Å². The fourth-order valence-corrected chi connectivity index (χ4v) is 2.80. The molecule has 0 atom stereocenters. The molecule has 19 heavy (non-hydrogen) atoms. The minimum absolute atomic E-state index is 0.105. The number of nitrogens with zero attached hydrogens (tertiary/aromatic N) is 2. The van der Waals surface area contributed by atoms with Crippen LogP contribution < -0.4 is 5.32 Å². The molecule has 0 aromatic carbocycles. The number of hydrogen-bond donors (Lipinski definition) is 1. The lowest BCUT2D eigenvalue weighted by Crippen LogP contribution is -2.11. The fourth-order valence-electron chi connectivity index (χ4n) is 1.44. The van der Waals surface area contributed by atoms with E-state index >= 15 is 0 Å². The number of hydrogen-bond acceptors (Lipinski definition) is 4. The van der Waals surface area contributed by atoms with Crippen LogP contribution in [-0.2, 0) is 12.0 Å². The zero-order valence-electron chi connectivity index (χ0n) is 11.0. The Balaban J connectivity index is 2.02. The van der Waals surface area contributed by atoms with Crippen LogP contribution in [0.5, 0.6) is 0 Å². The number of nitrogens with one attached hydrogen (secondary N) is 1. The second kappa shape index (κ2) is 5.77. The second-order valence-electron chi connectivity index (χ2n) is 5.24. The van der Waals surface area contributed by atoms with Crippen LogP contribution in [0.15, 0.2) is 22.1 Å². The van der Waals surface area contributed by atoms with Crippen molar-refractivity contribution in [3.05, 3.63) is 38.0 Å². The highest BCUT2D eigenvalue weighted by molar-refractivity contribution is 9.10. The molecule has 0 aliphatic heterocycles. The Bertz CT molecular complexity index is 578. The van der Waals surface area contributed by atoms with E-state index in [-0.39, 0.29) is 5.41 Å². The standard InChI is InChI=1S/C13H15BrClN3S/c1-13(2,3)12-18-9(7-19-12)6-16-8-4-10(14)11(15)17-5-8/h4-5,7,16H,6H2,1-3H3. The number of halogens is 2. The predicted octanol–water partition coefficient (Wildman–Crippen LogP) is 4.86. The van der Waals surface area contributed by atoms with E-state index in [4.69, 9.17) is 11.6 Å². The van der Waals surface area contributed by atoms with Crippen molar-refractivity contribution in [2.24, 2.45) is 0 Å². The number of rotatable bonds is 3. The van der Waals surface area contributed by atoms with Gasteiger partial charge >= 0.3 is 0 Å². The van der Waals surface area contributed by atoms with Gasteiger partial charge in [0.2, 0.25) is 0 Å². The summed E-state index contributed by atoms with van der Waals surface area (Å²) in [7, 11) is 0. The Morgan fingerprint density at radius 1 is 1.42 bits per heavy atom. The summed E-state index contributed by atoms with van der Waals surface area (Å²) in [6.07, 6.45) is 1.71. The smallest absolute Gasteiger partial charge is 0.143 e. The van der Waals surface area contributed by atoms with Crippen molar-refractivity contribution < 1.29 is 0 Å². The third-order valence-corrected chi connectivity index (χ3v) is 4.91. The molecule has 3 nitrogen and oxygen atoms in total. The molecule has 0 bridgehead atoms. The summed E-state index contributed by atoms with van der Waals surface area (Å²) in [6, 6.07) is 1.91. The molecule has 0 aliphatic carbocycles. The van der Waals surface area contributed by atoms with Gasteiger partial charge in [0.1, 0.15) is 5.15 Å². The average Bonchev–Trinajstić information content (AvgIpc) is 2.79. The molecule has 0 unspecified atom stereocenters. The largest absolute Gasteiger partial charge is 0.378 e. The quantitative estimate of drug-likeness (QED) is 0.794. The maximum absolute atomic E-state index is 5.85. The normalized spacial score (nSPS) is 11.6. The van der Waals surface area contributed by atoms with E-state index < -0.39 is 0 Å². The van der Waals surface area contributed by atoms with Gasteiger partial charge in [-0.3, -0.25) is 0 Å². The summed E-state index contributed by atoms with van der Waals surface area (Å²) in [5.74, 6) is 0. The SMILES string of the molecule is CC(C)(C)c1nc(CNc2cnc(Cl)c(Br)c2)cs1. The van der Waals surface area contributed by atoms with Gasteiger partial charge in [0.05, 0.1) is 33.6 Å². The van der Waals surface area contributed by atoms with Crippen molar-refractivity contribution in [3.8, 4) is 0 Å². The lowest BCUT2D eigenvalue weighted by molar-refractivity contribution is 0.583. The molecule has 2 aromatic rings. The molecule has 2 rings (SSSR count). The third-order valence-electron chi connectivity index (χ3n) is 2.46. The summed E-state index contributed by atoms with van der Waals surface area (Å²) < 4.78 is 0.785. The first kappa shape index (κ1) is 14.8. The van der Waals surface area contributed by atoms with Gasteiger partial charge in [-0.2, -0.15) is 0 Å². The molecule has 1 N–H and O–H groups in total. The van der Waals surface area contributed by atoms with Crippen LogP contribution in [0.25, 0.3) is 0 Å². The highest BCUT2D eigenvalue weighted by Gasteiger charge is 2.17. The monoisotopic (exact) mass is 359 g/mol. The molecule has 0 amide bonds. The molecular weight excluding hydrogens is 346 g/mol. The van der Waals surface area contributed by atoms with Gasteiger partial charge in [-0.25, -0.2) is 9.97 Å². The molecule has 0 saturated carbocycles. The Morgan fingerprint density at radius 2 is 2.16 bits per heavy atom. The minimum Gasteiger partial charge on any atom is -0.378 e. The topological polar surface area (TPSA) is 37.8 Å². The number of thiazole rings is 1. The Kier molecular flexibility index (Phi) is 4.48. The molecule has 0 radical (unpaired) electrons. The van der Waals surface area contributed by atoms with Crippen molar-refractivity contribution in [2.45, 2.75) is 32.7 Å². The molecule has 2 heterocycles. The van der Waals surface area contributed by atoms with E-state index in [2.05, 4.69) is 57.4 Å². The zero-order chi connectivity index (χ0) is 14.0. The first-order valence-corrected chi connectivity index (χ1v) is 7.91. The minimum atomic E-state index is 0.105. The van der Waals surface area contributed by atoms with Crippen molar-refractivity contribution in [1.29, 1.82) is 0 Å². The molecule has 0 saturated heterocycles. The van der Waals surface area contributed by atoms with Crippen LogP contribution in [-0.4, -0.2) is 9.97 Å². The van der Waals surface area contributed by atoms with E-state index in [9.17, 15) is 0 Å². The number of aromatic nitrogens is 2. The van der Waals surface area contributed by atoms with Gasteiger partial charge in [-0.15, -0.1) is 11.3 Å². The van der Waals surface area contributed by atoms with E-state index in [0.717, 1.165) is 20.9 Å². The average molecular weight is 361 g/mol. The van der Waals surface area contributed by atoms with Crippen molar-refractivity contribution in [3.63, 3.8) is 0 Å². The van der Waals surface area contributed by atoms with E-state index in [0.29, 0.717) is 11.7 Å². The Morgan fingerprint density at radius 3 is 2.74 bits per heavy atom. The molecule has 0 spiro atoms. The zero-order valence-corrected chi connectivity index (χ0v) is 14.2. The van der Waals surface area contributed by atoms with Gasteiger partial charge < -0.3 is 5.32 Å². The van der Waals surface area contributed by atoms with E-state index in [1.54, 1.807) is 17.5 Å². The van der Waals surface area contributed by atoms with Crippen LogP contribution >= 0.6 is 38.9 Å². The van der Waals surface area contributed by atoms with Crippen molar-refractivity contribution >= 4 is 44.6 Å². The van der Waals surface area contributed by atoms with E-state index in [1.807, 2.05) is 6.07 Å². The van der Waals surface area contributed by atoms with Gasteiger partial charge in [-0.05, 0) is 22.0 Å². The molecule has 0 aliphatic rings. The summed E-state index contributed by atoms with van der Waals surface area (Å²) in [5, 5.41) is 7.00. The third kappa shape index (κ3) is 3.91. The number of pyridine rings is 1. The first-order valence-electron chi connectivity index (χ1n) is 5.86. The maximum Gasteiger partial charge on any atom is 0.143 e. The Labute approximate surface area is 130 Å². The van der Waals surface area contributed by atoms with Gasteiger partial charge in [0.15, 0.2) is 0 Å². The summed E-state index contributed by atoms with van der Waals surface area (Å²) in [4.78, 5) is 8.71. The van der Waals surface area contributed by atoms with E-state index in [1.165, 1.54) is 0 Å². The van der Waals surface area contributed by atoms with Crippen LogP contribution in [0.2, 0.25) is 5.15 Å².